The van der Waals surface area contributed by atoms with E-state index in [1.54, 1.807) is 18.2 Å². The molecule has 1 aromatic carbocycles. The summed E-state index contributed by atoms with van der Waals surface area (Å²) in [5.41, 5.74) is 0.491. The molecule has 2 aliphatic rings. The first-order valence-electron chi connectivity index (χ1n) is 7.85. The Morgan fingerprint density at radius 3 is 2.70 bits per heavy atom. The number of rotatable bonds is 5. The van der Waals surface area contributed by atoms with Crippen molar-refractivity contribution in [2.75, 3.05) is 17.1 Å². The molecule has 0 radical (unpaired) electrons. The van der Waals surface area contributed by atoms with Gasteiger partial charge in [-0.15, -0.1) is 0 Å². The smallest absolute Gasteiger partial charge is 0.241 e. The predicted octanol–water partition coefficient (Wildman–Crippen LogP) is 2.52. The molecule has 1 N–H and O–H groups in total. The van der Waals surface area contributed by atoms with E-state index in [9.17, 15) is 13.2 Å². The number of nitrogens with zero attached hydrogens (tertiary/aromatic N) is 1. The van der Waals surface area contributed by atoms with Gasteiger partial charge in [0.05, 0.1) is 11.9 Å². The average Bonchev–Trinajstić information content (AvgIpc) is 3.06. The summed E-state index contributed by atoms with van der Waals surface area (Å²) in [5.74, 6) is 1.08. The first-order valence-corrected chi connectivity index (χ1v) is 10.5. The van der Waals surface area contributed by atoms with Gasteiger partial charge in [0.25, 0.3) is 0 Å². The van der Waals surface area contributed by atoms with Crippen LogP contribution in [0.5, 0.6) is 0 Å². The maximum Gasteiger partial charge on any atom is 0.241 e. The summed E-state index contributed by atoms with van der Waals surface area (Å²) < 4.78 is 26.1. The number of halogens is 1. The van der Waals surface area contributed by atoms with Crippen LogP contribution in [0.4, 0.5) is 5.69 Å². The molecular formula is C16H21BrN2O3S. The van der Waals surface area contributed by atoms with Crippen molar-refractivity contribution in [3.63, 3.8) is 0 Å². The van der Waals surface area contributed by atoms with Crippen molar-refractivity contribution >= 4 is 37.5 Å². The van der Waals surface area contributed by atoms with Crippen molar-refractivity contribution in [3.8, 4) is 0 Å². The van der Waals surface area contributed by atoms with E-state index in [0.717, 1.165) is 27.4 Å². The Morgan fingerprint density at radius 2 is 2.13 bits per heavy atom. The maximum atomic E-state index is 12.4. The molecule has 3 rings (SSSR count). The minimum atomic E-state index is -3.52. The molecule has 2 bridgehead atoms. The second-order valence-corrected chi connectivity index (χ2v) is 9.42. The molecule has 2 aliphatic carbocycles. The van der Waals surface area contributed by atoms with Gasteiger partial charge in [0.1, 0.15) is 6.54 Å². The lowest BCUT2D eigenvalue weighted by molar-refractivity contribution is -0.120. The quantitative estimate of drug-likeness (QED) is 0.825. The molecule has 5 nitrogen and oxygen atoms in total. The number of hydrogen-bond acceptors (Lipinski definition) is 3. The third kappa shape index (κ3) is 3.88. The third-order valence-electron chi connectivity index (χ3n) is 4.87. The minimum Gasteiger partial charge on any atom is -0.352 e. The fourth-order valence-electron chi connectivity index (χ4n) is 3.84. The SMILES string of the molecule is CS(=O)(=O)N(CC(=O)N[C@@H]1C[C@H]2CC[C@@H]1C2)c1cccc(Br)c1. The molecule has 0 unspecified atom stereocenters. The highest BCUT2D eigenvalue weighted by molar-refractivity contribution is 9.10. The number of hydrogen-bond donors (Lipinski definition) is 1. The number of sulfonamides is 1. The highest BCUT2D eigenvalue weighted by Gasteiger charge is 2.40. The molecule has 2 saturated carbocycles. The van der Waals surface area contributed by atoms with Gasteiger partial charge < -0.3 is 5.32 Å². The van der Waals surface area contributed by atoms with Crippen LogP contribution in [0.25, 0.3) is 0 Å². The van der Waals surface area contributed by atoms with Crippen LogP contribution >= 0.6 is 15.9 Å². The summed E-state index contributed by atoms with van der Waals surface area (Å²) in [5, 5.41) is 3.04. The monoisotopic (exact) mass is 400 g/mol. The second-order valence-electron chi connectivity index (χ2n) is 6.60. The Labute approximate surface area is 145 Å². The minimum absolute atomic E-state index is 0.177. The summed E-state index contributed by atoms with van der Waals surface area (Å²) in [6, 6.07) is 7.18. The van der Waals surface area contributed by atoms with Crippen LogP contribution in [0.3, 0.4) is 0 Å². The fraction of sp³-hybridized carbons (Fsp3) is 0.562. The van der Waals surface area contributed by atoms with Gasteiger partial charge in [-0.25, -0.2) is 8.42 Å². The summed E-state index contributed by atoms with van der Waals surface area (Å²) in [7, 11) is -3.52. The normalized spacial score (nSPS) is 26.3. The van der Waals surface area contributed by atoms with Crippen LogP contribution in [0.2, 0.25) is 0 Å². The molecule has 7 heteroatoms. The summed E-state index contributed by atoms with van der Waals surface area (Å²) >= 11 is 3.33. The molecule has 0 aliphatic heterocycles. The Hall–Kier alpha value is -1.08. The van der Waals surface area contributed by atoms with Crippen molar-refractivity contribution in [2.24, 2.45) is 11.8 Å². The number of carbonyl (C=O) groups is 1. The summed E-state index contributed by atoms with van der Waals surface area (Å²) in [4.78, 5) is 12.4. The molecule has 3 atom stereocenters. The van der Waals surface area contributed by atoms with Gasteiger partial charge in [-0.1, -0.05) is 28.4 Å². The van der Waals surface area contributed by atoms with Gasteiger partial charge in [0, 0.05) is 10.5 Å². The van der Waals surface area contributed by atoms with Crippen LogP contribution in [0, 0.1) is 11.8 Å². The molecule has 1 aromatic rings. The number of anilines is 1. The Balaban J connectivity index is 1.70. The molecular weight excluding hydrogens is 380 g/mol. The number of carbonyl (C=O) groups excluding carboxylic acids is 1. The van der Waals surface area contributed by atoms with Crippen molar-refractivity contribution in [1.82, 2.24) is 5.32 Å². The van der Waals surface area contributed by atoms with Crippen LogP contribution in [0.1, 0.15) is 25.7 Å². The number of amides is 1. The van der Waals surface area contributed by atoms with E-state index < -0.39 is 10.0 Å². The van der Waals surface area contributed by atoms with Gasteiger partial charge in [0.2, 0.25) is 15.9 Å². The van der Waals surface area contributed by atoms with E-state index in [1.165, 1.54) is 19.3 Å². The van der Waals surface area contributed by atoms with Crippen molar-refractivity contribution in [3.05, 3.63) is 28.7 Å². The van der Waals surface area contributed by atoms with Crippen LogP contribution in [0.15, 0.2) is 28.7 Å². The molecule has 0 saturated heterocycles. The standard InChI is InChI=1S/C16H21BrN2O3S/c1-23(21,22)19(14-4-2-3-13(17)9-14)10-16(20)18-15-8-11-5-6-12(15)7-11/h2-4,9,11-12,15H,5-8,10H2,1H3,(H,18,20)/t11-,12+,15+/m0/s1. The molecule has 23 heavy (non-hydrogen) atoms. The van der Waals surface area contributed by atoms with Crippen LogP contribution < -0.4 is 9.62 Å². The van der Waals surface area contributed by atoms with E-state index in [0.29, 0.717) is 11.6 Å². The van der Waals surface area contributed by atoms with E-state index >= 15 is 0 Å². The van der Waals surface area contributed by atoms with Crippen LogP contribution in [-0.4, -0.2) is 33.2 Å². The molecule has 126 valence electrons. The Bertz CT molecular complexity index is 707. The zero-order valence-corrected chi connectivity index (χ0v) is 15.4. The van der Waals surface area contributed by atoms with Gasteiger partial charge in [0.15, 0.2) is 0 Å². The number of nitrogens with one attached hydrogen (secondary N) is 1. The lowest BCUT2D eigenvalue weighted by Crippen LogP contribution is -2.45. The Morgan fingerprint density at radius 1 is 1.35 bits per heavy atom. The highest BCUT2D eigenvalue weighted by atomic mass is 79.9. The first-order chi connectivity index (χ1) is 10.8. The van der Waals surface area contributed by atoms with Gasteiger partial charge in [-0.3, -0.25) is 9.10 Å². The van der Waals surface area contributed by atoms with Gasteiger partial charge in [-0.05, 0) is 49.3 Å². The predicted molar refractivity (Wildman–Crippen MR) is 93.7 cm³/mol. The summed E-state index contributed by atoms with van der Waals surface area (Å²) in [6.45, 7) is -0.177. The zero-order chi connectivity index (χ0) is 16.6. The van der Waals surface area contributed by atoms with E-state index in [4.69, 9.17) is 0 Å². The number of benzene rings is 1. The molecule has 0 spiro atoms. The average molecular weight is 401 g/mol. The van der Waals surface area contributed by atoms with Crippen molar-refractivity contribution in [2.45, 2.75) is 31.7 Å². The largest absolute Gasteiger partial charge is 0.352 e. The molecule has 0 aromatic heterocycles. The van der Waals surface area contributed by atoms with Crippen molar-refractivity contribution in [1.29, 1.82) is 0 Å². The molecule has 1 amide bonds. The lowest BCUT2D eigenvalue weighted by Gasteiger charge is -2.26. The van der Waals surface area contributed by atoms with Crippen molar-refractivity contribution < 1.29 is 13.2 Å². The first kappa shape index (κ1) is 16.8. The maximum absolute atomic E-state index is 12.4. The molecule has 0 heterocycles. The fourth-order valence-corrected chi connectivity index (χ4v) is 5.07. The molecule has 2 fully saturated rings. The van der Waals surface area contributed by atoms with Gasteiger partial charge in [-0.2, -0.15) is 0 Å². The van der Waals surface area contributed by atoms with Crippen LogP contribution in [-0.2, 0) is 14.8 Å². The van der Waals surface area contributed by atoms with Gasteiger partial charge >= 0.3 is 0 Å². The highest BCUT2D eigenvalue weighted by Crippen LogP contribution is 2.44. The second kappa shape index (κ2) is 6.43. The lowest BCUT2D eigenvalue weighted by atomic mass is 9.95. The third-order valence-corrected chi connectivity index (χ3v) is 6.50. The van der Waals surface area contributed by atoms with E-state index in [2.05, 4.69) is 21.2 Å². The van der Waals surface area contributed by atoms with E-state index in [1.807, 2.05) is 6.07 Å². The van der Waals surface area contributed by atoms with E-state index in [-0.39, 0.29) is 18.5 Å². The zero-order valence-electron chi connectivity index (χ0n) is 13.0. The summed E-state index contributed by atoms with van der Waals surface area (Å²) in [6.07, 6.45) is 5.80. The topological polar surface area (TPSA) is 66.5 Å². The Kier molecular flexibility index (Phi) is 4.69. The number of fused-ring (bicyclic) bond motifs is 2.